The number of benzene rings is 1. The van der Waals surface area contributed by atoms with Crippen LogP contribution in [0.25, 0.3) is 11.3 Å². The van der Waals surface area contributed by atoms with Gasteiger partial charge in [-0.25, -0.2) is 9.98 Å². The molecule has 2 aromatic heterocycles. The highest BCUT2D eigenvalue weighted by atomic mass is 127. The summed E-state index contributed by atoms with van der Waals surface area (Å²) in [5.74, 6) is 1.49. The molecule has 0 aliphatic carbocycles. The Morgan fingerprint density at radius 3 is 2.63 bits per heavy atom. The second-order valence-corrected chi connectivity index (χ2v) is 7.13. The molecule has 2 heterocycles. The number of aryl methyl sites for hydroxylation is 2. The van der Waals surface area contributed by atoms with Gasteiger partial charge in [-0.1, -0.05) is 35.5 Å². The first kappa shape index (κ1) is 21.4. The summed E-state index contributed by atoms with van der Waals surface area (Å²) in [5, 5.41) is 11.7. The third-order valence-corrected chi connectivity index (χ3v) is 4.91. The summed E-state index contributed by atoms with van der Waals surface area (Å²) in [7, 11) is 0. The molecule has 0 amide bonds. The molecule has 6 nitrogen and oxygen atoms in total. The van der Waals surface area contributed by atoms with Gasteiger partial charge in [0.1, 0.15) is 10.7 Å². The first-order valence-corrected chi connectivity index (χ1v) is 9.43. The van der Waals surface area contributed by atoms with Crippen LogP contribution in [0, 0.1) is 13.8 Å². The van der Waals surface area contributed by atoms with Gasteiger partial charge < -0.3 is 15.2 Å². The van der Waals surface area contributed by atoms with E-state index in [9.17, 15) is 0 Å². The Morgan fingerprint density at radius 2 is 1.96 bits per heavy atom. The molecular formula is C19H24IN5OS. The molecule has 0 fully saturated rings. The van der Waals surface area contributed by atoms with Crippen LogP contribution in [0.1, 0.15) is 28.2 Å². The number of aromatic nitrogens is 2. The molecule has 0 radical (unpaired) electrons. The predicted octanol–water partition coefficient (Wildman–Crippen LogP) is 4.29. The first-order valence-electron chi connectivity index (χ1n) is 8.61. The van der Waals surface area contributed by atoms with Gasteiger partial charge in [-0.15, -0.1) is 35.3 Å². The minimum atomic E-state index is 0. The van der Waals surface area contributed by atoms with E-state index in [1.807, 2.05) is 50.2 Å². The largest absolute Gasteiger partial charge is 0.357 e. The lowest BCUT2D eigenvalue weighted by Crippen LogP contribution is -2.36. The maximum Gasteiger partial charge on any atom is 0.191 e. The molecule has 0 bridgehead atoms. The summed E-state index contributed by atoms with van der Waals surface area (Å²) in [6.07, 6.45) is 0. The molecule has 3 rings (SSSR count). The molecule has 144 valence electrons. The summed E-state index contributed by atoms with van der Waals surface area (Å²) in [4.78, 5) is 10.4. The standard InChI is InChI=1S/C19H23N5OS.HI/c1-4-20-19(22-12-18-23-13(2)14(3)26-18)21-11-16-10-17(25-24-16)15-8-6-5-7-9-15;/h5-10H,4,11-12H2,1-3H3,(H2,20,21,22);1H. The molecule has 0 unspecified atom stereocenters. The minimum Gasteiger partial charge on any atom is -0.357 e. The number of nitrogens with zero attached hydrogens (tertiary/aromatic N) is 3. The quantitative estimate of drug-likeness (QED) is 0.302. The van der Waals surface area contributed by atoms with Crippen molar-refractivity contribution in [2.24, 2.45) is 4.99 Å². The molecule has 2 N–H and O–H groups in total. The number of nitrogens with one attached hydrogen (secondary N) is 2. The molecular weight excluding hydrogens is 473 g/mol. The highest BCUT2D eigenvalue weighted by molar-refractivity contribution is 14.0. The Morgan fingerprint density at radius 1 is 1.19 bits per heavy atom. The van der Waals surface area contributed by atoms with Gasteiger partial charge in [0.25, 0.3) is 0 Å². The lowest BCUT2D eigenvalue weighted by molar-refractivity contribution is 0.424. The normalized spacial score (nSPS) is 11.1. The molecule has 27 heavy (non-hydrogen) atoms. The predicted molar refractivity (Wildman–Crippen MR) is 121 cm³/mol. The smallest absolute Gasteiger partial charge is 0.191 e. The van der Waals surface area contributed by atoms with Gasteiger partial charge >= 0.3 is 0 Å². The van der Waals surface area contributed by atoms with Crippen molar-refractivity contribution >= 4 is 41.3 Å². The Hall–Kier alpha value is -1.94. The molecule has 0 aliphatic rings. The average molecular weight is 497 g/mol. The lowest BCUT2D eigenvalue weighted by Gasteiger charge is -2.09. The summed E-state index contributed by atoms with van der Waals surface area (Å²) >= 11 is 1.71. The molecule has 0 saturated heterocycles. The van der Waals surface area contributed by atoms with E-state index in [4.69, 9.17) is 4.52 Å². The highest BCUT2D eigenvalue weighted by Gasteiger charge is 2.07. The maximum atomic E-state index is 5.42. The highest BCUT2D eigenvalue weighted by Crippen LogP contribution is 2.20. The van der Waals surface area contributed by atoms with Gasteiger partial charge in [0.2, 0.25) is 0 Å². The van der Waals surface area contributed by atoms with E-state index < -0.39 is 0 Å². The van der Waals surface area contributed by atoms with Crippen LogP contribution in [0.3, 0.4) is 0 Å². The van der Waals surface area contributed by atoms with Gasteiger partial charge in [0, 0.05) is 23.1 Å². The van der Waals surface area contributed by atoms with E-state index in [0.717, 1.165) is 40.2 Å². The van der Waals surface area contributed by atoms with Crippen molar-refractivity contribution in [1.29, 1.82) is 0 Å². The summed E-state index contributed by atoms with van der Waals surface area (Å²) < 4.78 is 5.42. The van der Waals surface area contributed by atoms with Crippen molar-refractivity contribution in [3.63, 3.8) is 0 Å². The molecule has 0 spiro atoms. The summed E-state index contributed by atoms with van der Waals surface area (Å²) in [5.41, 5.74) is 2.89. The fourth-order valence-corrected chi connectivity index (χ4v) is 3.27. The molecule has 1 aromatic carbocycles. The van der Waals surface area contributed by atoms with Crippen LogP contribution >= 0.6 is 35.3 Å². The third-order valence-electron chi connectivity index (χ3n) is 3.84. The third kappa shape index (κ3) is 6.03. The Balaban J connectivity index is 0.00000261. The molecule has 0 atom stereocenters. The molecule has 0 saturated carbocycles. The number of hydrogen-bond donors (Lipinski definition) is 2. The van der Waals surface area contributed by atoms with Gasteiger partial charge in [-0.2, -0.15) is 0 Å². The first-order chi connectivity index (χ1) is 12.7. The fraction of sp³-hybridized carbons (Fsp3) is 0.316. The van der Waals surface area contributed by atoms with Gasteiger partial charge in [0.15, 0.2) is 11.7 Å². The minimum absolute atomic E-state index is 0. The summed E-state index contributed by atoms with van der Waals surface area (Å²) in [6.45, 7) is 8.05. The topological polar surface area (TPSA) is 75.3 Å². The van der Waals surface area contributed by atoms with Crippen LogP contribution in [0.4, 0.5) is 0 Å². The van der Waals surface area contributed by atoms with E-state index in [1.165, 1.54) is 4.88 Å². The van der Waals surface area contributed by atoms with E-state index in [-0.39, 0.29) is 24.0 Å². The van der Waals surface area contributed by atoms with Crippen LogP contribution in [0.5, 0.6) is 0 Å². The van der Waals surface area contributed by atoms with Gasteiger partial charge in [-0.05, 0) is 20.8 Å². The number of rotatable bonds is 6. The van der Waals surface area contributed by atoms with E-state index >= 15 is 0 Å². The number of aliphatic imine (C=N–C) groups is 1. The lowest BCUT2D eigenvalue weighted by atomic mass is 10.2. The van der Waals surface area contributed by atoms with Crippen molar-refractivity contribution in [1.82, 2.24) is 20.8 Å². The molecule has 3 aromatic rings. The monoisotopic (exact) mass is 497 g/mol. The Bertz CT molecular complexity index is 856. The van der Waals surface area contributed by atoms with Crippen LogP contribution in [0.15, 0.2) is 45.9 Å². The van der Waals surface area contributed by atoms with Crippen molar-refractivity contribution in [3.05, 3.63) is 57.7 Å². The van der Waals surface area contributed by atoms with E-state index in [2.05, 4.69) is 32.7 Å². The van der Waals surface area contributed by atoms with Crippen LogP contribution < -0.4 is 10.6 Å². The average Bonchev–Trinajstić information content (AvgIpc) is 3.25. The fourth-order valence-electron chi connectivity index (χ4n) is 2.40. The zero-order valence-electron chi connectivity index (χ0n) is 15.7. The van der Waals surface area contributed by atoms with Crippen LogP contribution in [-0.4, -0.2) is 22.6 Å². The van der Waals surface area contributed by atoms with Gasteiger partial charge in [-0.3, -0.25) is 0 Å². The number of guanidine groups is 1. The molecule has 8 heteroatoms. The van der Waals surface area contributed by atoms with Crippen molar-refractivity contribution in [2.45, 2.75) is 33.9 Å². The van der Waals surface area contributed by atoms with Crippen molar-refractivity contribution < 1.29 is 4.52 Å². The van der Waals surface area contributed by atoms with E-state index in [1.54, 1.807) is 11.3 Å². The number of hydrogen-bond acceptors (Lipinski definition) is 5. The van der Waals surface area contributed by atoms with Crippen molar-refractivity contribution in [2.75, 3.05) is 6.54 Å². The second kappa shape index (κ2) is 10.4. The second-order valence-electron chi connectivity index (χ2n) is 5.85. The van der Waals surface area contributed by atoms with Crippen molar-refractivity contribution in [3.8, 4) is 11.3 Å². The van der Waals surface area contributed by atoms with Gasteiger partial charge in [0.05, 0.1) is 18.8 Å². The zero-order valence-corrected chi connectivity index (χ0v) is 18.8. The number of thiazole rings is 1. The van der Waals surface area contributed by atoms with Crippen LogP contribution in [0.2, 0.25) is 0 Å². The maximum absolute atomic E-state index is 5.42. The zero-order chi connectivity index (χ0) is 18.4. The van der Waals surface area contributed by atoms with E-state index in [0.29, 0.717) is 13.1 Å². The SMILES string of the molecule is CCNC(=NCc1cc(-c2ccccc2)on1)NCc1nc(C)c(C)s1.I. The summed E-state index contributed by atoms with van der Waals surface area (Å²) in [6, 6.07) is 11.9. The number of halogens is 1. The Kier molecular flexibility index (Phi) is 8.23. The Labute approximate surface area is 180 Å². The molecule has 0 aliphatic heterocycles. The van der Waals surface area contributed by atoms with Crippen LogP contribution in [-0.2, 0) is 13.1 Å².